The Morgan fingerprint density at radius 2 is 2.14 bits per heavy atom. The molecule has 1 aliphatic heterocycles. The molecule has 0 unspecified atom stereocenters. The molecule has 2 aliphatic rings. The summed E-state index contributed by atoms with van der Waals surface area (Å²) in [6, 6.07) is 2.44. The van der Waals surface area contributed by atoms with Gasteiger partial charge in [0.2, 0.25) is 0 Å². The highest BCUT2D eigenvalue weighted by atomic mass is 16.3. The van der Waals surface area contributed by atoms with E-state index < -0.39 is 17.5 Å². The number of carbonyl (C=O) groups is 3. The highest BCUT2D eigenvalue weighted by Crippen LogP contribution is 2.35. The number of amides is 4. The van der Waals surface area contributed by atoms with Gasteiger partial charge in [0.15, 0.2) is 5.76 Å². The maximum atomic E-state index is 12.5. The Labute approximate surface area is 121 Å². The quantitative estimate of drug-likeness (QED) is 0.806. The molecule has 21 heavy (non-hydrogen) atoms. The van der Waals surface area contributed by atoms with Gasteiger partial charge in [0.1, 0.15) is 5.54 Å². The number of imide groups is 1. The number of hydrazine groups is 1. The zero-order valence-corrected chi connectivity index (χ0v) is 11.7. The van der Waals surface area contributed by atoms with E-state index in [1.807, 2.05) is 0 Å². The smallest absolute Gasteiger partial charge is 0.344 e. The molecule has 1 aliphatic carbocycles. The summed E-state index contributed by atoms with van der Waals surface area (Å²) in [5.41, 5.74) is 1.44. The van der Waals surface area contributed by atoms with E-state index >= 15 is 0 Å². The molecule has 7 nitrogen and oxygen atoms in total. The third-order valence-corrected chi connectivity index (χ3v) is 4.25. The van der Waals surface area contributed by atoms with Crippen molar-refractivity contribution in [2.45, 2.75) is 38.1 Å². The van der Waals surface area contributed by atoms with Crippen molar-refractivity contribution in [3.63, 3.8) is 0 Å². The van der Waals surface area contributed by atoms with E-state index in [2.05, 4.69) is 17.7 Å². The van der Waals surface area contributed by atoms with Crippen molar-refractivity contribution in [3.05, 3.63) is 24.2 Å². The van der Waals surface area contributed by atoms with Gasteiger partial charge in [0.05, 0.1) is 6.26 Å². The second-order valence-corrected chi connectivity index (χ2v) is 5.75. The molecule has 7 heteroatoms. The SMILES string of the molecule is CC1CCC2(CC1)NC(=O)N(NC(=O)c1ccco1)C2=O. The highest BCUT2D eigenvalue weighted by Gasteiger charge is 2.53. The Hall–Kier alpha value is -2.31. The van der Waals surface area contributed by atoms with Crippen LogP contribution in [0.5, 0.6) is 0 Å². The summed E-state index contributed by atoms with van der Waals surface area (Å²) in [4.78, 5) is 36.4. The van der Waals surface area contributed by atoms with Gasteiger partial charge in [-0.15, -0.1) is 0 Å². The van der Waals surface area contributed by atoms with Crippen LogP contribution in [0, 0.1) is 5.92 Å². The predicted molar refractivity (Wildman–Crippen MR) is 71.9 cm³/mol. The lowest BCUT2D eigenvalue weighted by atomic mass is 9.77. The first-order chi connectivity index (χ1) is 10.0. The van der Waals surface area contributed by atoms with E-state index in [0.717, 1.165) is 17.9 Å². The molecule has 1 aromatic rings. The average Bonchev–Trinajstić information content (AvgIpc) is 3.06. The first-order valence-electron chi connectivity index (χ1n) is 7.03. The fourth-order valence-corrected chi connectivity index (χ4v) is 2.88. The number of nitrogens with zero attached hydrogens (tertiary/aromatic N) is 1. The van der Waals surface area contributed by atoms with E-state index in [9.17, 15) is 14.4 Å². The topological polar surface area (TPSA) is 91.7 Å². The van der Waals surface area contributed by atoms with Gasteiger partial charge >= 0.3 is 11.9 Å². The summed E-state index contributed by atoms with van der Waals surface area (Å²) in [5.74, 6) is -0.412. The van der Waals surface area contributed by atoms with Gasteiger partial charge in [0, 0.05) is 0 Å². The van der Waals surface area contributed by atoms with Crippen molar-refractivity contribution in [2.75, 3.05) is 0 Å². The van der Waals surface area contributed by atoms with Crippen LogP contribution in [-0.4, -0.2) is 28.4 Å². The molecular formula is C14H17N3O4. The summed E-state index contributed by atoms with van der Waals surface area (Å²) in [7, 11) is 0. The Bertz CT molecular complexity index is 573. The van der Waals surface area contributed by atoms with Gasteiger partial charge < -0.3 is 9.73 Å². The number of hydrogen-bond donors (Lipinski definition) is 2. The Morgan fingerprint density at radius 3 is 2.76 bits per heavy atom. The maximum absolute atomic E-state index is 12.5. The zero-order valence-electron chi connectivity index (χ0n) is 11.7. The van der Waals surface area contributed by atoms with Gasteiger partial charge in [-0.1, -0.05) is 6.92 Å². The van der Waals surface area contributed by atoms with Gasteiger partial charge in [-0.25, -0.2) is 10.2 Å². The van der Waals surface area contributed by atoms with Gasteiger partial charge in [-0.3, -0.25) is 9.59 Å². The van der Waals surface area contributed by atoms with E-state index in [1.165, 1.54) is 12.3 Å². The average molecular weight is 291 g/mol. The van der Waals surface area contributed by atoms with Crippen molar-refractivity contribution >= 4 is 17.8 Å². The molecule has 2 N–H and O–H groups in total. The van der Waals surface area contributed by atoms with Gasteiger partial charge in [0.25, 0.3) is 5.91 Å². The minimum atomic E-state index is -0.861. The maximum Gasteiger partial charge on any atom is 0.344 e. The van der Waals surface area contributed by atoms with E-state index in [4.69, 9.17) is 4.42 Å². The Kier molecular flexibility index (Phi) is 3.19. The monoisotopic (exact) mass is 291 g/mol. The number of nitrogens with one attached hydrogen (secondary N) is 2. The molecule has 0 bridgehead atoms. The molecule has 4 amide bonds. The number of rotatable bonds is 2. The van der Waals surface area contributed by atoms with E-state index in [1.54, 1.807) is 6.07 Å². The summed E-state index contributed by atoms with van der Waals surface area (Å²) in [6.07, 6.45) is 4.32. The molecule has 0 radical (unpaired) electrons. The number of furan rings is 1. The molecule has 1 spiro atoms. The molecule has 1 saturated carbocycles. The lowest BCUT2D eigenvalue weighted by molar-refractivity contribution is -0.134. The second kappa shape index (κ2) is 4.91. The minimum Gasteiger partial charge on any atom is -0.459 e. The fourth-order valence-electron chi connectivity index (χ4n) is 2.88. The molecule has 112 valence electrons. The van der Waals surface area contributed by atoms with Crippen LogP contribution in [-0.2, 0) is 4.79 Å². The van der Waals surface area contributed by atoms with Crippen LogP contribution in [0.3, 0.4) is 0 Å². The molecule has 1 aromatic heterocycles. The van der Waals surface area contributed by atoms with Gasteiger partial charge in [-0.2, -0.15) is 5.01 Å². The molecule has 3 rings (SSSR count). The summed E-state index contributed by atoms with van der Waals surface area (Å²) in [6.45, 7) is 2.13. The largest absolute Gasteiger partial charge is 0.459 e. The standard InChI is InChI=1S/C14H17N3O4/c1-9-4-6-14(7-5-9)12(19)17(13(20)15-14)16-11(18)10-3-2-8-21-10/h2-3,8-9H,4-7H2,1H3,(H,15,20)(H,16,18). The molecule has 2 fully saturated rings. The van der Waals surface area contributed by atoms with Crippen LogP contribution < -0.4 is 10.7 Å². The molecule has 1 saturated heterocycles. The van der Waals surface area contributed by atoms with Crippen LogP contribution in [0.25, 0.3) is 0 Å². The predicted octanol–water partition coefficient (Wildman–Crippen LogP) is 1.43. The van der Waals surface area contributed by atoms with E-state index in [-0.39, 0.29) is 11.7 Å². The normalized spacial score (nSPS) is 28.8. The van der Waals surface area contributed by atoms with Crippen LogP contribution in [0.2, 0.25) is 0 Å². The number of hydrogen-bond acceptors (Lipinski definition) is 4. The van der Waals surface area contributed by atoms with Crippen molar-refractivity contribution in [1.29, 1.82) is 0 Å². The molecular weight excluding hydrogens is 274 g/mol. The van der Waals surface area contributed by atoms with Crippen LogP contribution in [0.1, 0.15) is 43.2 Å². The lowest BCUT2D eigenvalue weighted by Crippen LogP contribution is -2.51. The summed E-state index contributed by atoms with van der Waals surface area (Å²) < 4.78 is 4.95. The minimum absolute atomic E-state index is 0.0498. The van der Waals surface area contributed by atoms with Crippen molar-refractivity contribution in [3.8, 4) is 0 Å². The summed E-state index contributed by atoms with van der Waals surface area (Å²) >= 11 is 0. The third-order valence-electron chi connectivity index (χ3n) is 4.25. The third kappa shape index (κ3) is 2.28. The van der Waals surface area contributed by atoms with Crippen LogP contribution in [0.4, 0.5) is 4.79 Å². The lowest BCUT2D eigenvalue weighted by Gasteiger charge is -2.33. The van der Waals surface area contributed by atoms with Crippen molar-refractivity contribution in [2.24, 2.45) is 5.92 Å². The number of urea groups is 1. The number of carbonyl (C=O) groups excluding carboxylic acids is 3. The van der Waals surface area contributed by atoms with Crippen LogP contribution in [0.15, 0.2) is 22.8 Å². The van der Waals surface area contributed by atoms with Crippen molar-refractivity contribution in [1.82, 2.24) is 15.8 Å². The molecule has 2 heterocycles. The van der Waals surface area contributed by atoms with E-state index in [0.29, 0.717) is 18.8 Å². The van der Waals surface area contributed by atoms with Crippen molar-refractivity contribution < 1.29 is 18.8 Å². The molecule has 0 aromatic carbocycles. The first-order valence-corrected chi connectivity index (χ1v) is 7.03. The second-order valence-electron chi connectivity index (χ2n) is 5.75. The van der Waals surface area contributed by atoms with Gasteiger partial charge in [-0.05, 0) is 43.7 Å². The highest BCUT2D eigenvalue weighted by molar-refractivity contribution is 6.08. The Morgan fingerprint density at radius 1 is 1.43 bits per heavy atom. The Balaban J connectivity index is 1.74. The summed E-state index contributed by atoms with van der Waals surface area (Å²) in [5, 5.41) is 3.50. The molecule has 0 atom stereocenters. The van der Waals surface area contributed by atoms with Crippen LogP contribution >= 0.6 is 0 Å². The zero-order chi connectivity index (χ0) is 15.0. The first kappa shape index (κ1) is 13.7. The fraction of sp³-hybridized carbons (Fsp3) is 0.500.